The summed E-state index contributed by atoms with van der Waals surface area (Å²) in [6.45, 7) is 5.96. The Hall–Kier alpha value is -0.0200. The maximum Gasteiger partial charge on any atom is 0.0315 e. The maximum atomic E-state index is 5.92. The Morgan fingerprint density at radius 2 is 2.00 bits per heavy atom. The van der Waals surface area contributed by atoms with E-state index in [1.165, 1.54) is 9.13 Å². The Morgan fingerprint density at radius 1 is 1.43 bits per heavy atom. The van der Waals surface area contributed by atoms with Gasteiger partial charge in [-0.05, 0) is 46.7 Å². The number of rotatable bonds is 4. The SMILES string of the molecule is C=CC(C)(CCl)Cc1ccc(I)cc1. The molecule has 1 unspecified atom stereocenters. The summed E-state index contributed by atoms with van der Waals surface area (Å²) >= 11 is 8.22. The molecule has 0 radical (unpaired) electrons. The van der Waals surface area contributed by atoms with Crippen molar-refractivity contribution in [3.05, 3.63) is 46.1 Å². The van der Waals surface area contributed by atoms with Crippen molar-refractivity contribution in [2.24, 2.45) is 5.41 Å². The van der Waals surface area contributed by atoms with Crippen molar-refractivity contribution < 1.29 is 0 Å². The number of hydrogen-bond acceptors (Lipinski definition) is 0. The number of benzene rings is 1. The topological polar surface area (TPSA) is 0 Å². The zero-order valence-electron chi connectivity index (χ0n) is 8.26. The van der Waals surface area contributed by atoms with Gasteiger partial charge in [0.1, 0.15) is 0 Å². The molecule has 1 aromatic rings. The largest absolute Gasteiger partial charge is 0.126 e. The first kappa shape index (κ1) is 12.1. The Kier molecular flexibility index (Phi) is 4.45. The molecule has 0 fully saturated rings. The van der Waals surface area contributed by atoms with E-state index in [-0.39, 0.29) is 5.41 Å². The smallest absolute Gasteiger partial charge is 0.0315 e. The minimum atomic E-state index is 0.00828. The number of alkyl halides is 1. The highest BCUT2D eigenvalue weighted by atomic mass is 127. The Labute approximate surface area is 104 Å². The van der Waals surface area contributed by atoms with Crippen molar-refractivity contribution >= 4 is 34.2 Å². The summed E-state index contributed by atoms with van der Waals surface area (Å²) < 4.78 is 1.26. The third-order valence-corrected chi connectivity index (χ3v) is 3.65. The van der Waals surface area contributed by atoms with Gasteiger partial charge < -0.3 is 0 Å². The van der Waals surface area contributed by atoms with Crippen LogP contribution < -0.4 is 0 Å². The average Bonchev–Trinajstić information content (AvgIpc) is 2.21. The molecule has 1 atom stereocenters. The lowest BCUT2D eigenvalue weighted by Gasteiger charge is -2.22. The van der Waals surface area contributed by atoms with E-state index in [1.807, 2.05) is 6.08 Å². The lowest BCUT2D eigenvalue weighted by atomic mass is 9.86. The zero-order chi connectivity index (χ0) is 10.6. The van der Waals surface area contributed by atoms with Gasteiger partial charge in [-0.2, -0.15) is 0 Å². The fourth-order valence-electron chi connectivity index (χ4n) is 1.24. The number of halogens is 2. The second-order valence-electron chi connectivity index (χ2n) is 3.80. The molecule has 0 aromatic heterocycles. The second kappa shape index (κ2) is 5.17. The van der Waals surface area contributed by atoms with E-state index in [4.69, 9.17) is 11.6 Å². The first-order valence-electron chi connectivity index (χ1n) is 4.54. The van der Waals surface area contributed by atoms with Crippen LogP contribution in [0.1, 0.15) is 12.5 Å². The Morgan fingerprint density at radius 3 is 2.43 bits per heavy atom. The van der Waals surface area contributed by atoms with E-state index >= 15 is 0 Å². The number of allylic oxidation sites excluding steroid dienone is 1. The van der Waals surface area contributed by atoms with Gasteiger partial charge in [-0.25, -0.2) is 0 Å². The molecule has 76 valence electrons. The lowest BCUT2D eigenvalue weighted by Crippen LogP contribution is -2.18. The van der Waals surface area contributed by atoms with Crippen LogP contribution in [0.15, 0.2) is 36.9 Å². The van der Waals surface area contributed by atoms with Crippen molar-refractivity contribution in [2.45, 2.75) is 13.3 Å². The molecule has 1 aromatic carbocycles. The first-order chi connectivity index (χ1) is 6.59. The molecule has 14 heavy (non-hydrogen) atoms. The minimum absolute atomic E-state index is 0.00828. The fourth-order valence-corrected chi connectivity index (χ4v) is 1.81. The first-order valence-corrected chi connectivity index (χ1v) is 6.15. The van der Waals surface area contributed by atoms with Crippen LogP contribution in [0.3, 0.4) is 0 Å². The van der Waals surface area contributed by atoms with Gasteiger partial charge in [0.25, 0.3) is 0 Å². The van der Waals surface area contributed by atoms with E-state index in [0.717, 1.165) is 6.42 Å². The quantitative estimate of drug-likeness (QED) is 0.442. The van der Waals surface area contributed by atoms with Crippen molar-refractivity contribution in [3.8, 4) is 0 Å². The van der Waals surface area contributed by atoms with Crippen LogP contribution >= 0.6 is 34.2 Å². The van der Waals surface area contributed by atoms with Gasteiger partial charge in [0, 0.05) is 14.9 Å². The van der Waals surface area contributed by atoms with Crippen molar-refractivity contribution in [1.29, 1.82) is 0 Å². The highest BCUT2D eigenvalue weighted by molar-refractivity contribution is 14.1. The second-order valence-corrected chi connectivity index (χ2v) is 5.31. The van der Waals surface area contributed by atoms with Gasteiger partial charge in [0.2, 0.25) is 0 Å². The molecule has 0 nitrogen and oxygen atoms in total. The van der Waals surface area contributed by atoms with E-state index in [0.29, 0.717) is 5.88 Å². The summed E-state index contributed by atoms with van der Waals surface area (Å²) in [4.78, 5) is 0. The molecule has 0 N–H and O–H groups in total. The fraction of sp³-hybridized carbons (Fsp3) is 0.333. The van der Waals surface area contributed by atoms with Crippen molar-refractivity contribution in [1.82, 2.24) is 0 Å². The molecular formula is C12H14ClI. The van der Waals surface area contributed by atoms with Crippen LogP contribution in [0.2, 0.25) is 0 Å². The van der Waals surface area contributed by atoms with E-state index < -0.39 is 0 Å². The number of hydrogen-bond donors (Lipinski definition) is 0. The molecule has 0 heterocycles. The van der Waals surface area contributed by atoms with E-state index in [9.17, 15) is 0 Å². The molecule has 0 bridgehead atoms. The van der Waals surface area contributed by atoms with Gasteiger partial charge in [-0.3, -0.25) is 0 Å². The molecule has 0 saturated carbocycles. The lowest BCUT2D eigenvalue weighted by molar-refractivity contribution is 0.486. The molecule has 0 aliphatic heterocycles. The summed E-state index contributed by atoms with van der Waals surface area (Å²) in [5, 5.41) is 0. The average molecular weight is 321 g/mol. The van der Waals surface area contributed by atoms with Gasteiger partial charge in [0.15, 0.2) is 0 Å². The van der Waals surface area contributed by atoms with Crippen LogP contribution in [0.4, 0.5) is 0 Å². The van der Waals surface area contributed by atoms with Gasteiger partial charge in [-0.1, -0.05) is 25.1 Å². The van der Waals surface area contributed by atoms with Crippen LogP contribution in [-0.2, 0) is 6.42 Å². The normalized spacial score (nSPS) is 14.8. The van der Waals surface area contributed by atoms with E-state index in [2.05, 4.69) is 60.4 Å². The summed E-state index contributed by atoms with van der Waals surface area (Å²) in [7, 11) is 0. The Balaban J connectivity index is 2.77. The summed E-state index contributed by atoms with van der Waals surface area (Å²) in [5.74, 6) is 0.614. The van der Waals surface area contributed by atoms with Crippen molar-refractivity contribution in [3.63, 3.8) is 0 Å². The molecule has 0 aliphatic rings. The third kappa shape index (κ3) is 3.28. The van der Waals surface area contributed by atoms with Gasteiger partial charge in [0.05, 0.1) is 0 Å². The van der Waals surface area contributed by atoms with Crippen LogP contribution in [0, 0.1) is 8.99 Å². The van der Waals surface area contributed by atoms with Crippen LogP contribution in [0.5, 0.6) is 0 Å². The highest BCUT2D eigenvalue weighted by Crippen LogP contribution is 2.25. The molecule has 1 rings (SSSR count). The zero-order valence-corrected chi connectivity index (χ0v) is 11.2. The van der Waals surface area contributed by atoms with Crippen molar-refractivity contribution in [2.75, 3.05) is 5.88 Å². The van der Waals surface area contributed by atoms with Crippen LogP contribution in [-0.4, -0.2) is 5.88 Å². The van der Waals surface area contributed by atoms with Crippen LogP contribution in [0.25, 0.3) is 0 Å². The highest BCUT2D eigenvalue weighted by Gasteiger charge is 2.19. The minimum Gasteiger partial charge on any atom is -0.126 e. The monoisotopic (exact) mass is 320 g/mol. The van der Waals surface area contributed by atoms with Gasteiger partial charge >= 0.3 is 0 Å². The van der Waals surface area contributed by atoms with E-state index in [1.54, 1.807) is 0 Å². The predicted molar refractivity (Wildman–Crippen MR) is 71.9 cm³/mol. The summed E-state index contributed by atoms with van der Waals surface area (Å²) in [6.07, 6.45) is 2.90. The maximum absolute atomic E-state index is 5.92. The third-order valence-electron chi connectivity index (χ3n) is 2.32. The standard InChI is InChI=1S/C12H14ClI/c1-3-12(2,9-13)8-10-4-6-11(14)7-5-10/h3-7H,1,8-9H2,2H3. The predicted octanol–water partition coefficient (Wildman–Crippen LogP) is 4.26. The molecule has 0 amide bonds. The molecular weight excluding hydrogens is 306 g/mol. The Bertz CT molecular complexity index is 305. The van der Waals surface area contributed by atoms with Gasteiger partial charge in [-0.15, -0.1) is 18.2 Å². The summed E-state index contributed by atoms with van der Waals surface area (Å²) in [6, 6.07) is 8.54. The molecule has 0 saturated heterocycles. The molecule has 0 spiro atoms. The summed E-state index contributed by atoms with van der Waals surface area (Å²) in [5.41, 5.74) is 1.32. The molecule has 0 aliphatic carbocycles. The molecule has 2 heteroatoms.